The Morgan fingerprint density at radius 3 is 2.37 bits per heavy atom. The lowest BCUT2D eigenvalue weighted by Crippen LogP contribution is -2.65. The second kappa shape index (κ2) is 8.61. The predicted octanol–water partition coefficient (Wildman–Crippen LogP) is 8.78. The lowest BCUT2D eigenvalue weighted by molar-refractivity contribution is -0.175. The second-order valence-corrected chi connectivity index (χ2v) is 16.9. The molecule has 5 aliphatic rings. The Morgan fingerprint density at radius 1 is 1.05 bits per heavy atom. The lowest BCUT2D eigenvalue weighted by Gasteiger charge is -2.70. The van der Waals surface area contributed by atoms with E-state index in [0.717, 1.165) is 50.8 Å². The highest BCUT2D eigenvalue weighted by Crippen LogP contribution is 2.75. The van der Waals surface area contributed by atoms with Gasteiger partial charge in [0.2, 0.25) is 5.70 Å². The van der Waals surface area contributed by atoms with Crippen molar-refractivity contribution in [3.63, 3.8) is 0 Å². The third-order valence-corrected chi connectivity index (χ3v) is 13.8. The largest absolute Gasteiger partial charge is 0.523 e. The number of allylic oxidation sites excluding steroid dienone is 4. The van der Waals surface area contributed by atoms with Crippen molar-refractivity contribution in [2.75, 3.05) is 0 Å². The predicted molar refractivity (Wildman–Crippen MR) is 163 cm³/mol. The number of carbonyl (C=O) groups excluding carboxylic acids is 1. The van der Waals surface area contributed by atoms with E-state index < -0.39 is 5.41 Å². The zero-order chi connectivity index (χ0) is 30.0. The Balaban J connectivity index is 1.48. The highest BCUT2D eigenvalue weighted by Gasteiger charge is 2.69. The summed E-state index contributed by atoms with van der Waals surface area (Å²) in [6.45, 7) is 29.3. The first-order chi connectivity index (χ1) is 18.9. The van der Waals surface area contributed by atoms with Gasteiger partial charge in [-0.3, -0.25) is 9.48 Å². The molecular weight excluding hydrogens is 506 g/mol. The van der Waals surface area contributed by atoms with Crippen LogP contribution in [0.15, 0.2) is 29.2 Å². The molecule has 5 heteroatoms. The molecule has 0 bridgehead atoms. The van der Waals surface area contributed by atoms with Gasteiger partial charge in [0.05, 0.1) is 12.3 Å². The fourth-order valence-corrected chi connectivity index (χ4v) is 11.4. The molecule has 222 valence electrons. The van der Waals surface area contributed by atoms with Gasteiger partial charge in [0.15, 0.2) is 5.78 Å². The molecule has 1 aromatic heterocycles. The van der Waals surface area contributed by atoms with E-state index in [1.165, 1.54) is 17.7 Å². The van der Waals surface area contributed by atoms with Crippen LogP contribution >= 0.6 is 0 Å². The van der Waals surface area contributed by atoms with Crippen molar-refractivity contribution in [2.45, 2.75) is 120 Å². The molecule has 0 unspecified atom stereocenters. The molecule has 0 spiro atoms. The molecule has 0 aromatic carbocycles. The minimum absolute atomic E-state index is 0.00238. The number of aliphatic hydroxyl groups is 1. The monoisotopic (exact) mass is 557 g/mol. The van der Waals surface area contributed by atoms with E-state index in [1.807, 2.05) is 0 Å². The summed E-state index contributed by atoms with van der Waals surface area (Å²) in [6.07, 6.45) is 10.3. The van der Waals surface area contributed by atoms with Gasteiger partial charge >= 0.3 is 0 Å². The maximum absolute atomic E-state index is 14.7. The van der Waals surface area contributed by atoms with E-state index in [0.29, 0.717) is 23.8 Å². The zero-order valence-electron chi connectivity index (χ0n) is 26.9. The van der Waals surface area contributed by atoms with Gasteiger partial charge in [-0.2, -0.15) is 5.10 Å². The summed E-state index contributed by atoms with van der Waals surface area (Å²) in [6, 6.07) is 2.18. The first-order valence-electron chi connectivity index (χ1n) is 16.0. The number of aliphatic hydroxyl groups excluding tert-OH is 1. The molecule has 1 aromatic rings. The molecular formula is C36H51N3O2. The summed E-state index contributed by atoms with van der Waals surface area (Å²) >= 11 is 0. The number of carbonyl (C=O) groups is 1. The van der Waals surface area contributed by atoms with Crippen LogP contribution < -0.4 is 0 Å². The quantitative estimate of drug-likeness (QED) is 0.370. The summed E-state index contributed by atoms with van der Waals surface area (Å²) in [5, 5.41) is 16.0. The molecule has 3 fully saturated rings. The first-order valence-corrected chi connectivity index (χ1v) is 16.0. The van der Waals surface area contributed by atoms with Crippen molar-refractivity contribution in [3.05, 3.63) is 52.0 Å². The minimum Gasteiger partial charge on any atom is -0.523 e. The van der Waals surface area contributed by atoms with Gasteiger partial charge in [-0.05, 0) is 116 Å². The molecule has 41 heavy (non-hydrogen) atoms. The molecule has 0 saturated heterocycles. The standard InChI is InChI=1S/C36H51N3O2/c1-22-17-23(2)39(38-22)21-36-15-13-31(3,4)19-24(36)29-26(40)18-28-33(7)20-25(37-10)30(41)32(5,6)27(33)11-12-34(28,8)35(29,9)14-16-36/h17-18,24,27,29,41H,11-16,19-21H2,1-9H3/t24-,27-,29-,33-,34+,35+,36+/m0/s1. The van der Waals surface area contributed by atoms with E-state index >= 15 is 0 Å². The highest BCUT2D eigenvalue weighted by molar-refractivity contribution is 5.95. The SMILES string of the molecule is [C-]#[N+]C1=C(O)C(C)(C)[C@@H]2CC[C@]3(C)C(=CC(=O)[C@@H]4[C@@H]5CC(C)(C)CC[C@]5(Cn5nc(C)cc5C)CC[C@]43C)[C@@]2(C)C1. The normalized spacial score (nSPS) is 42.8. The fourth-order valence-electron chi connectivity index (χ4n) is 11.4. The van der Waals surface area contributed by atoms with Crippen LogP contribution in [0, 0.1) is 70.7 Å². The van der Waals surface area contributed by atoms with E-state index in [2.05, 4.69) is 84.0 Å². The van der Waals surface area contributed by atoms with Gasteiger partial charge < -0.3 is 5.11 Å². The maximum atomic E-state index is 14.7. The van der Waals surface area contributed by atoms with Crippen LogP contribution in [0.25, 0.3) is 4.85 Å². The van der Waals surface area contributed by atoms with Crippen molar-refractivity contribution in [1.82, 2.24) is 9.78 Å². The van der Waals surface area contributed by atoms with E-state index in [1.54, 1.807) is 0 Å². The number of aryl methyl sites for hydroxylation is 2. The van der Waals surface area contributed by atoms with E-state index in [9.17, 15) is 9.90 Å². The van der Waals surface area contributed by atoms with Crippen LogP contribution in [0.2, 0.25) is 0 Å². The summed E-state index contributed by atoms with van der Waals surface area (Å²) in [5.41, 5.74) is 3.31. The summed E-state index contributed by atoms with van der Waals surface area (Å²) in [5.74, 6) is 1.12. The van der Waals surface area contributed by atoms with Crippen molar-refractivity contribution < 1.29 is 9.90 Å². The maximum Gasteiger partial charge on any atom is 0.203 e. The third kappa shape index (κ3) is 3.70. The fraction of sp³-hybridized carbons (Fsp3) is 0.750. The van der Waals surface area contributed by atoms with Crippen molar-refractivity contribution in [3.8, 4) is 0 Å². The average Bonchev–Trinajstić information content (AvgIpc) is 3.19. The van der Waals surface area contributed by atoms with Gasteiger partial charge in [-0.15, -0.1) is 0 Å². The molecule has 6 rings (SSSR count). The van der Waals surface area contributed by atoms with Gasteiger partial charge in [-0.1, -0.05) is 54.0 Å². The van der Waals surface area contributed by atoms with Crippen LogP contribution in [-0.2, 0) is 11.3 Å². The molecule has 1 N–H and O–H groups in total. The Bertz CT molecular complexity index is 1420. The Kier molecular flexibility index (Phi) is 6.04. The smallest absolute Gasteiger partial charge is 0.203 e. The second-order valence-electron chi connectivity index (χ2n) is 16.9. The number of hydrogen-bond acceptors (Lipinski definition) is 3. The Hall–Kier alpha value is -2.35. The number of hydrogen-bond donors (Lipinski definition) is 1. The number of aromatic nitrogens is 2. The molecule has 3 saturated carbocycles. The van der Waals surface area contributed by atoms with Crippen molar-refractivity contribution >= 4 is 5.78 Å². The Labute approximate surface area is 247 Å². The van der Waals surface area contributed by atoms with E-state index in [4.69, 9.17) is 11.7 Å². The van der Waals surface area contributed by atoms with E-state index in [-0.39, 0.29) is 44.7 Å². The van der Waals surface area contributed by atoms with Gasteiger partial charge in [0, 0.05) is 23.6 Å². The highest BCUT2D eigenvalue weighted by atomic mass is 16.3. The third-order valence-electron chi connectivity index (χ3n) is 13.8. The molecule has 0 radical (unpaired) electrons. The number of ketones is 1. The molecule has 0 amide bonds. The molecule has 7 atom stereocenters. The van der Waals surface area contributed by atoms with Gasteiger partial charge in [0.25, 0.3) is 0 Å². The topological polar surface area (TPSA) is 59.5 Å². The van der Waals surface area contributed by atoms with Crippen LogP contribution in [0.4, 0.5) is 0 Å². The number of nitrogens with zero attached hydrogens (tertiary/aromatic N) is 3. The molecule has 5 nitrogen and oxygen atoms in total. The van der Waals surface area contributed by atoms with Crippen LogP contribution in [-0.4, -0.2) is 20.7 Å². The average molecular weight is 558 g/mol. The number of fused-ring (bicyclic) bond motifs is 7. The molecule has 1 heterocycles. The van der Waals surface area contributed by atoms with Crippen LogP contribution in [0.5, 0.6) is 0 Å². The zero-order valence-corrected chi connectivity index (χ0v) is 26.9. The first kappa shape index (κ1) is 28.8. The number of rotatable bonds is 2. The summed E-state index contributed by atoms with van der Waals surface area (Å²) in [4.78, 5) is 18.6. The summed E-state index contributed by atoms with van der Waals surface area (Å²) < 4.78 is 2.24. The van der Waals surface area contributed by atoms with Gasteiger partial charge in [-0.25, -0.2) is 4.85 Å². The lowest BCUT2D eigenvalue weighted by atomic mass is 9.34. The summed E-state index contributed by atoms with van der Waals surface area (Å²) in [7, 11) is 0. The minimum atomic E-state index is -0.481. The van der Waals surface area contributed by atoms with Crippen LogP contribution in [0.1, 0.15) is 111 Å². The van der Waals surface area contributed by atoms with Crippen molar-refractivity contribution in [1.29, 1.82) is 0 Å². The van der Waals surface area contributed by atoms with Gasteiger partial charge in [0.1, 0.15) is 5.76 Å². The molecule has 0 aliphatic heterocycles. The van der Waals surface area contributed by atoms with Crippen molar-refractivity contribution in [2.24, 2.45) is 50.2 Å². The molecule has 5 aliphatic carbocycles. The van der Waals surface area contributed by atoms with Crippen LogP contribution in [0.3, 0.4) is 0 Å². The Morgan fingerprint density at radius 2 is 1.73 bits per heavy atom.